The standard InChI is InChI=1S/C8H19NO/c1-7(4-5-10-3)8(2)6-9/h7-8H,4-6,9H2,1-3H3. The Labute approximate surface area is 63.7 Å². The molecule has 0 saturated carbocycles. The third-order valence-corrected chi connectivity index (χ3v) is 2.12. The predicted octanol–water partition coefficient (Wildman–Crippen LogP) is 1.25. The molecule has 0 bridgehead atoms. The van der Waals surface area contributed by atoms with Gasteiger partial charge >= 0.3 is 0 Å². The van der Waals surface area contributed by atoms with Crippen molar-refractivity contribution in [1.82, 2.24) is 0 Å². The molecular weight excluding hydrogens is 126 g/mol. The number of ether oxygens (including phenoxy) is 1. The average Bonchev–Trinajstić information content (AvgIpc) is 1.98. The first-order valence-corrected chi connectivity index (χ1v) is 3.91. The maximum absolute atomic E-state index is 5.50. The quantitative estimate of drug-likeness (QED) is 0.632. The highest BCUT2D eigenvalue weighted by Crippen LogP contribution is 2.12. The molecule has 2 N–H and O–H groups in total. The van der Waals surface area contributed by atoms with Crippen molar-refractivity contribution < 1.29 is 4.74 Å². The van der Waals surface area contributed by atoms with Gasteiger partial charge in [-0.25, -0.2) is 0 Å². The molecule has 0 rings (SSSR count). The van der Waals surface area contributed by atoms with Crippen LogP contribution in [0.3, 0.4) is 0 Å². The summed E-state index contributed by atoms with van der Waals surface area (Å²) in [6.07, 6.45) is 1.12. The molecule has 0 aromatic carbocycles. The second kappa shape index (κ2) is 5.69. The van der Waals surface area contributed by atoms with E-state index in [1.165, 1.54) is 0 Å². The summed E-state index contributed by atoms with van der Waals surface area (Å²) in [7, 11) is 1.74. The average molecular weight is 145 g/mol. The molecule has 0 spiro atoms. The van der Waals surface area contributed by atoms with E-state index in [1.54, 1.807) is 7.11 Å². The van der Waals surface area contributed by atoms with Gasteiger partial charge in [-0.2, -0.15) is 0 Å². The predicted molar refractivity (Wildman–Crippen MR) is 43.9 cm³/mol. The molecule has 0 aromatic heterocycles. The molecular formula is C8H19NO. The van der Waals surface area contributed by atoms with Gasteiger partial charge in [-0.1, -0.05) is 13.8 Å². The third kappa shape index (κ3) is 3.85. The van der Waals surface area contributed by atoms with Gasteiger partial charge in [0.05, 0.1) is 0 Å². The van der Waals surface area contributed by atoms with E-state index in [0.717, 1.165) is 19.6 Å². The zero-order valence-electron chi connectivity index (χ0n) is 7.26. The van der Waals surface area contributed by atoms with Gasteiger partial charge in [0.2, 0.25) is 0 Å². The Morgan fingerprint density at radius 3 is 2.30 bits per heavy atom. The smallest absolute Gasteiger partial charge is 0.0464 e. The van der Waals surface area contributed by atoms with Crippen LogP contribution in [0, 0.1) is 11.8 Å². The lowest BCUT2D eigenvalue weighted by Crippen LogP contribution is -2.19. The van der Waals surface area contributed by atoms with E-state index in [1.807, 2.05) is 0 Å². The van der Waals surface area contributed by atoms with Crippen molar-refractivity contribution in [3.63, 3.8) is 0 Å². The van der Waals surface area contributed by atoms with Crippen LogP contribution in [0.5, 0.6) is 0 Å². The molecule has 0 fully saturated rings. The molecule has 2 atom stereocenters. The number of hydrogen-bond donors (Lipinski definition) is 1. The fourth-order valence-corrected chi connectivity index (χ4v) is 0.821. The molecule has 0 radical (unpaired) electrons. The van der Waals surface area contributed by atoms with Gasteiger partial charge in [-0.05, 0) is 24.8 Å². The summed E-state index contributed by atoms with van der Waals surface area (Å²) in [5.41, 5.74) is 5.50. The molecule has 62 valence electrons. The second-order valence-electron chi connectivity index (χ2n) is 2.97. The Balaban J connectivity index is 3.31. The van der Waals surface area contributed by atoms with E-state index >= 15 is 0 Å². The summed E-state index contributed by atoms with van der Waals surface area (Å²) in [6.45, 7) is 6.03. The molecule has 10 heavy (non-hydrogen) atoms. The summed E-state index contributed by atoms with van der Waals surface area (Å²) in [6, 6.07) is 0. The van der Waals surface area contributed by atoms with Crippen LogP contribution >= 0.6 is 0 Å². The maximum Gasteiger partial charge on any atom is 0.0464 e. The van der Waals surface area contributed by atoms with Crippen molar-refractivity contribution in [3.05, 3.63) is 0 Å². The van der Waals surface area contributed by atoms with Gasteiger partial charge in [0.1, 0.15) is 0 Å². The molecule has 2 unspecified atom stereocenters. The van der Waals surface area contributed by atoms with E-state index in [9.17, 15) is 0 Å². The highest BCUT2D eigenvalue weighted by atomic mass is 16.5. The molecule has 0 aliphatic rings. The van der Waals surface area contributed by atoms with Crippen molar-refractivity contribution in [2.75, 3.05) is 20.3 Å². The van der Waals surface area contributed by atoms with Gasteiger partial charge in [0.15, 0.2) is 0 Å². The number of rotatable bonds is 5. The van der Waals surface area contributed by atoms with Crippen LogP contribution in [0.1, 0.15) is 20.3 Å². The van der Waals surface area contributed by atoms with Crippen LogP contribution in [-0.4, -0.2) is 20.3 Å². The van der Waals surface area contributed by atoms with Crippen LogP contribution in [0.15, 0.2) is 0 Å². The number of methoxy groups -OCH3 is 1. The van der Waals surface area contributed by atoms with Gasteiger partial charge in [-0.15, -0.1) is 0 Å². The van der Waals surface area contributed by atoms with Crippen LogP contribution in [0.4, 0.5) is 0 Å². The number of hydrogen-bond acceptors (Lipinski definition) is 2. The first kappa shape index (κ1) is 9.92. The van der Waals surface area contributed by atoms with Crippen molar-refractivity contribution in [3.8, 4) is 0 Å². The van der Waals surface area contributed by atoms with Crippen molar-refractivity contribution in [2.45, 2.75) is 20.3 Å². The SMILES string of the molecule is COCCC(C)C(C)CN. The van der Waals surface area contributed by atoms with Crippen molar-refractivity contribution >= 4 is 0 Å². The topological polar surface area (TPSA) is 35.2 Å². The molecule has 0 saturated heterocycles. The summed E-state index contributed by atoms with van der Waals surface area (Å²) < 4.78 is 4.97. The maximum atomic E-state index is 5.50. The van der Waals surface area contributed by atoms with Gasteiger partial charge in [0.25, 0.3) is 0 Å². The molecule has 0 amide bonds. The van der Waals surface area contributed by atoms with Gasteiger partial charge < -0.3 is 10.5 Å². The summed E-state index contributed by atoms with van der Waals surface area (Å²) >= 11 is 0. The Hall–Kier alpha value is -0.0800. The Morgan fingerprint density at radius 2 is 1.90 bits per heavy atom. The van der Waals surface area contributed by atoms with Crippen LogP contribution in [0.25, 0.3) is 0 Å². The van der Waals surface area contributed by atoms with E-state index in [0.29, 0.717) is 11.8 Å². The third-order valence-electron chi connectivity index (χ3n) is 2.12. The Bertz CT molecular complexity index is 75.7. The fourth-order valence-electron chi connectivity index (χ4n) is 0.821. The second-order valence-corrected chi connectivity index (χ2v) is 2.97. The molecule has 0 aliphatic heterocycles. The zero-order chi connectivity index (χ0) is 7.98. The van der Waals surface area contributed by atoms with Crippen molar-refractivity contribution in [2.24, 2.45) is 17.6 Å². The van der Waals surface area contributed by atoms with E-state index in [-0.39, 0.29) is 0 Å². The fraction of sp³-hybridized carbons (Fsp3) is 1.00. The summed E-state index contributed by atoms with van der Waals surface area (Å²) in [5, 5.41) is 0. The molecule has 0 aromatic rings. The minimum absolute atomic E-state index is 0.621. The van der Waals surface area contributed by atoms with Crippen LogP contribution in [0.2, 0.25) is 0 Å². The minimum atomic E-state index is 0.621. The number of nitrogens with two attached hydrogens (primary N) is 1. The minimum Gasteiger partial charge on any atom is -0.385 e. The first-order valence-electron chi connectivity index (χ1n) is 3.91. The highest BCUT2D eigenvalue weighted by molar-refractivity contribution is 4.61. The lowest BCUT2D eigenvalue weighted by atomic mass is 9.93. The largest absolute Gasteiger partial charge is 0.385 e. The van der Waals surface area contributed by atoms with Gasteiger partial charge in [0, 0.05) is 13.7 Å². The Kier molecular flexibility index (Phi) is 5.64. The summed E-state index contributed by atoms with van der Waals surface area (Å²) in [4.78, 5) is 0. The Morgan fingerprint density at radius 1 is 1.30 bits per heavy atom. The first-order chi connectivity index (χ1) is 4.72. The zero-order valence-corrected chi connectivity index (χ0v) is 7.26. The monoisotopic (exact) mass is 145 g/mol. The molecule has 2 nitrogen and oxygen atoms in total. The molecule has 0 heterocycles. The van der Waals surface area contributed by atoms with E-state index < -0.39 is 0 Å². The van der Waals surface area contributed by atoms with Crippen LogP contribution in [-0.2, 0) is 4.74 Å². The lowest BCUT2D eigenvalue weighted by molar-refractivity contribution is 0.168. The normalized spacial score (nSPS) is 16.8. The lowest BCUT2D eigenvalue weighted by Gasteiger charge is -2.16. The van der Waals surface area contributed by atoms with E-state index in [4.69, 9.17) is 10.5 Å². The van der Waals surface area contributed by atoms with Crippen LogP contribution < -0.4 is 5.73 Å². The van der Waals surface area contributed by atoms with Gasteiger partial charge in [-0.3, -0.25) is 0 Å². The van der Waals surface area contributed by atoms with Crippen molar-refractivity contribution in [1.29, 1.82) is 0 Å². The highest BCUT2D eigenvalue weighted by Gasteiger charge is 2.08. The van der Waals surface area contributed by atoms with E-state index in [2.05, 4.69) is 13.8 Å². The molecule has 0 aliphatic carbocycles. The molecule has 2 heteroatoms. The summed E-state index contributed by atoms with van der Waals surface area (Å²) in [5.74, 6) is 1.31.